The van der Waals surface area contributed by atoms with Crippen LogP contribution in [0, 0.1) is 0 Å². The van der Waals surface area contributed by atoms with Crippen molar-refractivity contribution in [3.63, 3.8) is 0 Å². The molecular formula is C4H12NO+. The van der Waals surface area contributed by atoms with E-state index >= 15 is 0 Å². The normalized spacial score (nSPS) is 12.0. The van der Waals surface area contributed by atoms with E-state index in [1.807, 2.05) is 0 Å². The summed E-state index contributed by atoms with van der Waals surface area (Å²) in [7, 11) is 0. The van der Waals surface area contributed by atoms with E-state index in [-0.39, 0.29) is 0 Å². The highest BCUT2D eigenvalue weighted by atomic mass is 16.3. The fraction of sp³-hybridized carbons (Fsp3) is 1.00. The summed E-state index contributed by atoms with van der Waals surface area (Å²) < 4.78 is 0. The minimum absolute atomic E-state index is 0.569. The number of hydrogen-bond acceptors (Lipinski definition) is 1. The summed E-state index contributed by atoms with van der Waals surface area (Å²) >= 11 is 0. The van der Waals surface area contributed by atoms with E-state index in [2.05, 4.69) is 5.73 Å². The maximum absolute atomic E-state index is 8.76. The Morgan fingerprint density at radius 2 is 1.83 bits per heavy atom. The van der Waals surface area contributed by atoms with Crippen molar-refractivity contribution in [1.82, 2.24) is 0 Å². The Hall–Kier alpha value is -0.0800. The molecule has 38 valence electrons. The second-order valence-corrected chi connectivity index (χ2v) is 2.06. The van der Waals surface area contributed by atoms with Gasteiger partial charge in [-0.2, -0.15) is 0 Å². The van der Waals surface area contributed by atoms with Crippen molar-refractivity contribution in [3.05, 3.63) is 0 Å². The van der Waals surface area contributed by atoms with Gasteiger partial charge in [0.1, 0.15) is 12.1 Å². The molecule has 0 amide bonds. The number of aliphatic hydroxyl groups is 1. The summed E-state index contributed by atoms with van der Waals surface area (Å²) in [6.45, 7) is 4.05. The summed E-state index contributed by atoms with van der Waals surface area (Å²) in [6, 6.07) is 0. The number of hydrogen-bond donors (Lipinski definition) is 2. The average molecular weight is 90.1 g/mol. The van der Waals surface area contributed by atoms with Crippen LogP contribution < -0.4 is 5.73 Å². The monoisotopic (exact) mass is 90.1 g/mol. The molecule has 6 heavy (non-hydrogen) atoms. The van der Waals surface area contributed by atoms with Gasteiger partial charge < -0.3 is 10.8 Å². The molecule has 0 unspecified atom stereocenters. The van der Waals surface area contributed by atoms with Crippen molar-refractivity contribution in [2.75, 3.05) is 6.54 Å². The van der Waals surface area contributed by atoms with Gasteiger partial charge in [-0.3, -0.25) is 0 Å². The fourth-order valence-corrected chi connectivity index (χ4v) is 0. The van der Waals surface area contributed by atoms with Crippen LogP contribution in [0.3, 0.4) is 0 Å². The Morgan fingerprint density at radius 1 is 1.67 bits per heavy atom. The van der Waals surface area contributed by atoms with Gasteiger partial charge in [-0.15, -0.1) is 0 Å². The maximum Gasteiger partial charge on any atom is 0.108 e. The van der Waals surface area contributed by atoms with E-state index in [1.165, 1.54) is 0 Å². The Bertz CT molecular complexity index is 37.3. The first-order chi connectivity index (χ1) is 2.56. The lowest BCUT2D eigenvalue weighted by molar-refractivity contribution is -0.395. The van der Waals surface area contributed by atoms with E-state index in [0.717, 1.165) is 0 Å². The van der Waals surface area contributed by atoms with Gasteiger partial charge in [0.25, 0.3) is 0 Å². The molecule has 0 bridgehead atoms. The molecule has 0 radical (unpaired) electrons. The van der Waals surface area contributed by atoms with Crippen molar-refractivity contribution >= 4 is 0 Å². The van der Waals surface area contributed by atoms with E-state index in [4.69, 9.17) is 5.11 Å². The third-order valence-corrected chi connectivity index (χ3v) is 0.612. The summed E-state index contributed by atoms with van der Waals surface area (Å²) in [5.41, 5.74) is 2.94. The quantitative estimate of drug-likeness (QED) is 0.426. The first-order valence-electron chi connectivity index (χ1n) is 2.08. The minimum Gasteiger partial charge on any atom is -0.385 e. The smallest absolute Gasteiger partial charge is 0.108 e. The first-order valence-corrected chi connectivity index (χ1v) is 2.08. The molecule has 0 fully saturated rings. The van der Waals surface area contributed by atoms with Gasteiger partial charge in [0.05, 0.1) is 0 Å². The molecule has 0 heterocycles. The van der Waals surface area contributed by atoms with Crippen LogP contribution in [0.15, 0.2) is 0 Å². The van der Waals surface area contributed by atoms with E-state index in [0.29, 0.717) is 6.54 Å². The molecule has 0 saturated carbocycles. The van der Waals surface area contributed by atoms with E-state index in [1.54, 1.807) is 13.8 Å². The van der Waals surface area contributed by atoms with Gasteiger partial charge in [-0.1, -0.05) is 0 Å². The van der Waals surface area contributed by atoms with Crippen molar-refractivity contribution in [3.8, 4) is 0 Å². The van der Waals surface area contributed by atoms with Gasteiger partial charge >= 0.3 is 0 Å². The van der Waals surface area contributed by atoms with Gasteiger partial charge in [0.2, 0.25) is 0 Å². The third kappa shape index (κ3) is 3.92. The molecule has 0 aromatic heterocycles. The molecule has 2 heteroatoms. The maximum atomic E-state index is 8.76. The number of quaternary nitrogens is 1. The number of rotatable bonds is 1. The van der Waals surface area contributed by atoms with Crippen molar-refractivity contribution < 1.29 is 10.8 Å². The molecule has 0 rings (SSSR count). The van der Waals surface area contributed by atoms with E-state index < -0.39 is 5.60 Å². The molecular weight excluding hydrogens is 78.1 g/mol. The largest absolute Gasteiger partial charge is 0.385 e. The lowest BCUT2D eigenvalue weighted by Crippen LogP contribution is -2.59. The van der Waals surface area contributed by atoms with Crippen LogP contribution in [-0.4, -0.2) is 17.3 Å². The Balaban J connectivity index is 3.17. The molecule has 0 aliphatic heterocycles. The average Bonchev–Trinajstić information content (AvgIpc) is 1.35. The zero-order valence-electron chi connectivity index (χ0n) is 4.36. The van der Waals surface area contributed by atoms with Gasteiger partial charge in [0, 0.05) is 0 Å². The SMILES string of the molecule is CC(C)(O)C[NH3+]. The van der Waals surface area contributed by atoms with Gasteiger partial charge in [-0.05, 0) is 13.8 Å². The topological polar surface area (TPSA) is 47.9 Å². The van der Waals surface area contributed by atoms with Crippen LogP contribution in [0.1, 0.15) is 13.8 Å². The Kier molecular flexibility index (Phi) is 1.56. The minimum atomic E-state index is -0.569. The van der Waals surface area contributed by atoms with Gasteiger partial charge in [0.15, 0.2) is 0 Å². The first kappa shape index (κ1) is 5.92. The van der Waals surface area contributed by atoms with E-state index in [9.17, 15) is 0 Å². The fourth-order valence-electron chi connectivity index (χ4n) is 0. The molecule has 0 aliphatic carbocycles. The molecule has 0 aromatic carbocycles. The lowest BCUT2D eigenvalue weighted by atomic mass is 10.1. The van der Waals surface area contributed by atoms with Crippen LogP contribution in [-0.2, 0) is 0 Å². The van der Waals surface area contributed by atoms with Crippen LogP contribution in [0.4, 0.5) is 0 Å². The summed E-state index contributed by atoms with van der Waals surface area (Å²) in [5, 5.41) is 8.76. The zero-order valence-corrected chi connectivity index (χ0v) is 4.36. The second kappa shape index (κ2) is 1.58. The predicted octanol–water partition coefficient (Wildman–Crippen LogP) is -1.00. The molecule has 0 spiro atoms. The highest BCUT2D eigenvalue weighted by Gasteiger charge is 2.09. The summed E-state index contributed by atoms with van der Waals surface area (Å²) in [6.07, 6.45) is 0. The molecule has 2 nitrogen and oxygen atoms in total. The van der Waals surface area contributed by atoms with Crippen LogP contribution in [0.5, 0.6) is 0 Å². The predicted molar refractivity (Wildman–Crippen MR) is 24.1 cm³/mol. The second-order valence-electron chi connectivity index (χ2n) is 2.06. The Morgan fingerprint density at radius 3 is 1.83 bits per heavy atom. The van der Waals surface area contributed by atoms with Crippen LogP contribution in [0.25, 0.3) is 0 Å². The Labute approximate surface area is 38.0 Å². The molecule has 0 aliphatic rings. The molecule has 0 aromatic rings. The summed E-state index contributed by atoms with van der Waals surface area (Å²) in [5.74, 6) is 0. The third-order valence-electron chi connectivity index (χ3n) is 0.612. The van der Waals surface area contributed by atoms with Crippen LogP contribution in [0.2, 0.25) is 0 Å². The molecule has 0 atom stereocenters. The van der Waals surface area contributed by atoms with Crippen molar-refractivity contribution in [1.29, 1.82) is 0 Å². The standard InChI is InChI=1S/C4H11NO/c1-4(2,6)3-5/h6H,3,5H2,1-2H3/p+1. The highest BCUT2D eigenvalue weighted by molar-refractivity contribution is 4.58. The highest BCUT2D eigenvalue weighted by Crippen LogP contribution is 1.92. The lowest BCUT2D eigenvalue weighted by Gasteiger charge is -2.08. The van der Waals surface area contributed by atoms with Crippen molar-refractivity contribution in [2.24, 2.45) is 0 Å². The van der Waals surface area contributed by atoms with Crippen molar-refractivity contribution in [2.45, 2.75) is 19.4 Å². The van der Waals surface area contributed by atoms with Gasteiger partial charge in [-0.25, -0.2) is 0 Å². The summed E-state index contributed by atoms with van der Waals surface area (Å²) in [4.78, 5) is 0. The zero-order chi connectivity index (χ0) is 5.21. The van der Waals surface area contributed by atoms with Crippen LogP contribution >= 0.6 is 0 Å². The molecule has 4 N–H and O–H groups in total. The molecule has 0 saturated heterocycles.